The number of anilines is 1. The maximum atomic E-state index is 5.23. The molecule has 2 saturated heterocycles. The van der Waals surface area contributed by atoms with E-state index in [-0.39, 0.29) is 5.41 Å². The molecule has 3 heterocycles. The summed E-state index contributed by atoms with van der Waals surface area (Å²) in [5, 5.41) is 0. The number of benzene rings is 2. The number of hydrogen-bond acceptors (Lipinski definition) is 4. The van der Waals surface area contributed by atoms with E-state index in [1.807, 2.05) is 18.2 Å². The summed E-state index contributed by atoms with van der Waals surface area (Å²) < 4.78 is 0. The Labute approximate surface area is 172 Å². The van der Waals surface area contributed by atoms with E-state index in [2.05, 4.69) is 71.3 Å². The lowest BCUT2D eigenvalue weighted by Gasteiger charge is -2.49. The molecule has 2 aromatic carbocycles. The monoisotopic (exact) mass is 382 g/mol. The van der Waals surface area contributed by atoms with Crippen LogP contribution in [0.4, 0.5) is 11.4 Å². The van der Waals surface area contributed by atoms with Crippen LogP contribution >= 0.6 is 0 Å². The standard InChI is InChI=1S/C25H26N4/c1-2-17-16-29-13-12-25-21-10-6-7-11-22(21)27-24(25)20(19(17)14-23(25)29)15-26-28-18-8-4-3-5-9-18/h2-11,15,19,23,26,28H,12-14,16H2,1H3/b17-2+,20-15?/t19-,23+,25+/m0/s1. The van der Waals surface area contributed by atoms with Gasteiger partial charge < -0.3 is 10.9 Å². The highest BCUT2D eigenvalue weighted by Gasteiger charge is 2.61. The van der Waals surface area contributed by atoms with Crippen molar-refractivity contribution >= 4 is 17.1 Å². The highest BCUT2D eigenvalue weighted by Crippen LogP contribution is 2.59. The SMILES string of the molecule is C/C=C1\CN2CC[C@@]34C(=Nc5ccccc53)C(=CNNc3ccccc3)[C@H]1C[C@@H]24. The minimum Gasteiger partial charge on any atom is -0.308 e. The average molecular weight is 383 g/mol. The van der Waals surface area contributed by atoms with Crippen LogP contribution in [-0.2, 0) is 5.41 Å². The van der Waals surface area contributed by atoms with E-state index in [1.165, 1.54) is 41.0 Å². The van der Waals surface area contributed by atoms with Gasteiger partial charge in [-0.3, -0.25) is 9.89 Å². The van der Waals surface area contributed by atoms with Crippen molar-refractivity contribution in [2.24, 2.45) is 10.9 Å². The van der Waals surface area contributed by atoms with Gasteiger partial charge in [0.1, 0.15) is 0 Å². The number of rotatable bonds is 3. The number of fused-ring (bicyclic) bond motifs is 2. The number of para-hydroxylation sites is 2. The molecule has 2 N–H and O–H groups in total. The fourth-order valence-electron chi connectivity index (χ4n) is 6.09. The molecular formula is C25H26N4. The van der Waals surface area contributed by atoms with Gasteiger partial charge >= 0.3 is 0 Å². The van der Waals surface area contributed by atoms with Gasteiger partial charge in [-0.1, -0.05) is 48.0 Å². The van der Waals surface area contributed by atoms with Crippen LogP contribution in [0.1, 0.15) is 25.3 Å². The minimum atomic E-state index is 0.0621. The molecule has 2 aromatic rings. The predicted octanol–water partition coefficient (Wildman–Crippen LogP) is 4.57. The smallest absolute Gasteiger partial charge is 0.0675 e. The predicted molar refractivity (Wildman–Crippen MR) is 118 cm³/mol. The van der Waals surface area contributed by atoms with Crippen LogP contribution in [-0.4, -0.2) is 29.7 Å². The Morgan fingerprint density at radius 3 is 2.79 bits per heavy atom. The van der Waals surface area contributed by atoms with Gasteiger partial charge in [-0.2, -0.15) is 0 Å². The molecule has 4 heteroatoms. The Kier molecular flexibility index (Phi) is 3.72. The zero-order chi connectivity index (χ0) is 19.4. The third-order valence-corrected chi connectivity index (χ3v) is 7.37. The Morgan fingerprint density at radius 2 is 1.93 bits per heavy atom. The van der Waals surface area contributed by atoms with Crippen LogP contribution < -0.4 is 10.9 Å². The second-order valence-electron chi connectivity index (χ2n) is 8.57. The first-order valence-corrected chi connectivity index (χ1v) is 10.7. The van der Waals surface area contributed by atoms with Gasteiger partial charge in [0.2, 0.25) is 0 Å². The van der Waals surface area contributed by atoms with Crippen molar-refractivity contribution < 1.29 is 0 Å². The third-order valence-electron chi connectivity index (χ3n) is 7.37. The number of piperidine rings is 1. The minimum absolute atomic E-state index is 0.0621. The van der Waals surface area contributed by atoms with Crippen LogP contribution in [0.2, 0.25) is 0 Å². The molecule has 3 aliphatic heterocycles. The van der Waals surface area contributed by atoms with Crippen molar-refractivity contribution in [1.29, 1.82) is 0 Å². The maximum absolute atomic E-state index is 5.23. The Hall–Kier alpha value is -2.85. The first-order chi connectivity index (χ1) is 14.3. The molecule has 29 heavy (non-hydrogen) atoms. The Morgan fingerprint density at radius 1 is 1.10 bits per heavy atom. The lowest BCUT2D eigenvalue weighted by Crippen LogP contribution is -2.56. The van der Waals surface area contributed by atoms with E-state index in [4.69, 9.17) is 4.99 Å². The van der Waals surface area contributed by atoms with Crippen LogP contribution in [0.25, 0.3) is 0 Å². The number of hydrogen-bond donors (Lipinski definition) is 2. The molecule has 146 valence electrons. The third kappa shape index (κ3) is 2.32. The molecule has 2 bridgehead atoms. The van der Waals surface area contributed by atoms with Crippen molar-refractivity contribution in [3.8, 4) is 0 Å². The summed E-state index contributed by atoms with van der Waals surface area (Å²) in [5.74, 6) is 0.450. The number of aliphatic imine (C=N–C) groups is 1. The molecule has 1 spiro atoms. The van der Waals surface area contributed by atoms with Crippen LogP contribution in [0.5, 0.6) is 0 Å². The number of nitrogens with one attached hydrogen (secondary N) is 2. The van der Waals surface area contributed by atoms with Crippen molar-refractivity contribution in [2.75, 3.05) is 18.5 Å². The molecular weight excluding hydrogens is 356 g/mol. The fraction of sp³-hybridized carbons (Fsp3) is 0.320. The van der Waals surface area contributed by atoms with Crippen molar-refractivity contribution in [3.05, 3.63) is 83.6 Å². The zero-order valence-corrected chi connectivity index (χ0v) is 16.7. The largest absolute Gasteiger partial charge is 0.308 e. The molecule has 0 unspecified atom stereocenters. The van der Waals surface area contributed by atoms with E-state index in [9.17, 15) is 0 Å². The topological polar surface area (TPSA) is 39.7 Å². The summed E-state index contributed by atoms with van der Waals surface area (Å²) in [4.78, 5) is 7.93. The molecule has 3 fully saturated rings. The number of nitrogens with zero attached hydrogens (tertiary/aromatic N) is 2. The lowest BCUT2D eigenvalue weighted by atomic mass is 9.59. The fourth-order valence-corrected chi connectivity index (χ4v) is 6.09. The first kappa shape index (κ1) is 17.0. The summed E-state index contributed by atoms with van der Waals surface area (Å²) in [5.41, 5.74) is 14.6. The molecule has 4 nitrogen and oxygen atoms in total. The van der Waals surface area contributed by atoms with E-state index in [0.717, 1.165) is 18.8 Å². The average Bonchev–Trinajstić information content (AvgIpc) is 3.32. The molecule has 0 radical (unpaired) electrons. The molecule has 3 atom stereocenters. The molecule has 0 amide bonds. The molecule has 6 rings (SSSR count). The van der Waals surface area contributed by atoms with Crippen molar-refractivity contribution in [1.82, 2.24) is 10.3 Å². The highest BCUT2D eigenvalue weighted by molar-refractivity contribution is 6.15. The summed E-state index contributed by atoms with van der Waals surface area (Å²) in [7, 11) is 0. The lowest BCUT2D eigenvalue weighted by molar-refractivity contribution is 0.179. The Bertz CT molecular complexity index is 1050. The summed E-state index contributed by atoms with van der Waals surface area (Å²) in [6.07, 6.45) is 6.86. The van der Waals surface area contributed by atoms with Gasteiger partial charge in [0, 0.05) is 31.2 Å². The van der Waals surface area contributed by atoms with Gasteiger partial charge in [0.25, 0.3) is 0 Å². The van der Waals surface area contributed by atoms with Gasteiger partial charge in [-0.25, -0.2) is 0 Å². The van der Waals surface area contributed by atoms with Crippen molar-refractivity contribution in [3.63, 3.8) is 0 Å². The van der Waals surface area contributed by atoms with E-state index in [0.29, 0.717) is 12.0 Å². The normalized spacial score (nSPS) is 32.1. The number of hydrazine groups is 1. The summed E-state index contributed by atoms with van der Waals surface area (Å²) in [6, 6.07) is 19.6. The van der Waals surface area contributed by atoms with Gasteiger partial charge in [-0.15, -0.1) is 0 Å². The highest BCUT2D eigenvalue weighted by atomic mass is 15.3. The van der Waals surface area contributed by atoms with Gasteiger partial charge in [-0.05, 0) is 49.1 Å². The van der Waals surface area contributed by atoms with Crippen LogP contribution in [0, 0.1) is 5.92 Å². The number of allylic oxidation sites excluding steroid dienone is 2. The molecule has 0 aromatic heterocycles. The van der Waals surface area contributed by atoms with Crippen LogP contribution in [0.3, 0.4) is 0 Å². The van der Waals surface area contributed by atoms with Gasteiger partial charge in [0.15, 0.2) is 0 Å². The summed E-state index contributed by atoms with van der Waals surface area (Å²) >= 11 is 0. The second kappa shape index (κ2) is 6.33. The molecule has 1 saturated carbocycles. The van der Waals surface area contributed by atoms with E-state index >= 15 is 0 Å². The summed E-state index contributed by atoms with van der Waals surface area (Å²) in [6.45, 7) is 4.43. The van der Waals surface area contributed by atoms with Crippen LogP contribution in [0.15, 0.2) is 83.0 Å². The van der Waals surface area contributed by atoms with E-state index in [1.54, 1.807) is 0 Å². The van der Waals surface area contributed by atoms with Crippen molar-refractivity contribution in [2.45, 2.75) is 31.2 Å². The second-order valence-corrected chi connectivity index (χ2v) is 8.57. The zero-order valence-electron chi connectivity index (χ0n) is 16.7. The maximum Gasteiger partial charge on any atom is 0.0675 e. The molecule has 4 aliphatic rings. The van der Waals surface area contributed by atoms with E-state index < -0.39 is 0 Å². The molecule has 1 aliphatic carbocycles. The quantitative estimate of drug-likeness (QED) is 0.604. The Balaban J connectivity index is 1.44. The first-order valence-electron chi connectivity index (χ1n) is 10.7. The van der Waals surface area contributed by atoms with Gasteiger partial charge in [0.05, 0.1) is 22.5 Å².